The molecule has 3 aromatic carbocycles. The van der Waals surface area contributed by atoms with E-state index in [2.05, 4.69) is 34.8 Å². The van der Waals surface area contributed by atoms with E-state index in [1.165, 1.54) is 0 Å². The third-order valence-electron chi connectivity index (χ3n) is 5.43. The van der Waals surface area contributed by atoms with Gasteiger partial charge in [0.05, 0.1) is 19.2 Å². The quantitative estimate of drug-likeness (QED) is 0.473. The van der Waals surface area contributed by atoms with Gasteiger partial charge >= 0.3 is 0 Å². The third kappa shape index (κ3) is 3.76. The van der Waals surface area contributed by atoms with Gasteiger partial charge in [-0.2, -0.15) is 5.10 Å². The number of carbonyl (C=O) groups excluding carboxylic acids is 1. The number of nitrogens with one attached hydrogen (secondary N) is 1. The van der Waals surface area contributed by atoms with Crippen molar-refractivity contribution in [2.24, 2.45) is 11.0 Å². The van der Waals surface area contributed by atoms with E-state index in [0.29, 0.717) is 16.3 Å². The summed E-state index contributed by atoms with van der Waals surface area (Å²) < 4.78 is 5.30. The van der Waals surface area contributed by atoms with Gasteiger partial charge in [-0.05, 0) is 35.7 Å². The van der Waals surface area contributed by atoms with Crippen LogP contribution in [0, 0.1) is 5.92 Å². The van der Waals surface area contributed by atoms with Gasteiger partial charge in [0, 0.05) is 16.0 Å². The molecule has 0 aromatic heterocycles. The molecule has 0 aliphatic heterocycles. The lowest BCUT2D eigenvalue weighted by molar-refractivity contribution is -0.122. The van der Waals surface area contributed by atoms with Crippen LogP contribution >= 0.6 is 11.6 Å². The first-order valence-electron chi connectivity index (χ1n) is 9.42. The highest BCUT2D eigenvalue weighted by Crippen LogP contribution is 2.58. The molecule has 1 N–H and O–H groups in total. The summed E-state index contributed by atoms with van der Waals surface area (Å²) in [5.41, 5.74) is 5.37. The van der Waals surface area contributed by atoms with Gasteiger partial charge < -0.3 is 4.74 Å². The van der Waals surface area contributed by atoms with Crippen molar-refractivity contribution in [2.45, 2.75) is 11.8 Å². The maximum absolute atomic E-state index is 12.9. The Labute approximate surface area is 175 Å². The van der Waals surface area contributed by atoms with E-state index >= 15 is 0 Å². The maximum Gasteiger partial charge on any atom is 0.244 e. The van der Waals surface area contributed by atoms with Gasteiger partial charge in [-0.1, -0.05) is 72.3 Å². The first-order valence-corrected chi connectivity index (χ1v) is 9.80. The van der Waals surface area contributed by atoms with Crippen molar-refractivity contribution in [2.75, 3.05) is 7.11 Å². The number of benzene rings is 3. The van der Waals surface area contributed by atoms with Crippen LogP contribution in [0.15, 0.2) is 84.0 Å². The van der Waals surface area contributed by atoms with Crippen molar-refractivity contribution in [3.63, 3.8) is 0 Å². The van der Waals surface area contributed by atoms with Crippen LogP contribution in [-0.4, -0.2) is 19.2 Å². The predicted molar refractivity (Wildman–Crippen MR) is 116 cm³/mol. The van der Waals surface area contributed by atoms with Crippen LogP contribution in [0.2, 0.25) is 5.02 Å². The Hall–Kier alpha value is -3.11. The van der Waals surface area contributed by atoms with Gasteiger partial charge in [0.15, 0.2) is 0 Å². The van der Waals surface area contributed by atoms with Crippen molar-refractivity contribution in [1.82, 2.24) is 5.43 Å². The van der Waals surface area contributed by atoms with Gasteiger partial charge in [-0.25, -0.2) is 5.43 Å². The molecule has 0 bridgehead atoms. The Bertz CT molecular complexity index is 996. The number of methoxy groups -OCH3 is 1. The van der Waals surface area contributed by atoms with Crippen molar-refractivity contribution in [3.8, 4) is 5.75 Å². The molecule has 4 nitrogen and oxygen atoms in total. The molecular weight excluding hydrogens is 384 g/mol. The predicted octanol–water partition coefficient (Wildman–Crippen LogP) is 4.80. The smallest absolute Gasteiger partial charge is 0.244 e. The van der Waals surface area contributed by atoms with Crippen molar-refractivity contribution < 1.29 is 9.53 Å². The minimum atomic E-state index is -0.310. The largest absolute Gasteiger partial charge is 0.496 e. The van der Waals surface area contributed by atoms with Crippen LogP contribution in [-0.2, 0) is 10.2 Å². The zero-order valence-corrected chi connectivity index (χ0v) is 16.8. The van der Waals surface area contributed by atoms with Gasteiger partial charge in [-0.3, -0.25) is 4.79 Å². The first-order chi connectivity index (χ1) is 14.1. The zero-order chi connectivity index (χ0) is 20.3. The highest BCUT2D eigenvalue weighted by atomic mass is 35.5. The van der Waals surface area contributed by atoms with E-state index in [4.69, 9.17) is 16.3 Å². The summed E-state index contributed by atoms with van der Waals surface area (Å²) in [6, 6.07) is 25.6. The van der Waals surface area contributed by atoms with Gasteiger partial charge in [0.2, 0.25) is 5.91 Å². The van der Waals surface area contributed by atoms with E-state index in [1.807, 2.05) is 36.4 Å². The monoisotopic (exact) mass is 404 g/mol. The molecule has 1 saturated carbocycles. The fraction of sp³-hybridized carbons (Fsp3) is 0.167. The van der Waals surface area contributed by atoms with Gasteiger partial charge in [-0.15, -0.1) is 0 Å². The lowest BCUT2D eigenvalue weighted by Crippen LogP contribution is -2.25. The van der Waals surface area contributed by atoms with Crippen molar-refractivity contribution in [1.29, 1.82) is 0 Å². The Morgan fingerprint density at radius 2 is 1.69 bits per heavy atom. The van der Waals surface area contributed by atoms with Crippen LogP contribution in [0.1, 0.15) is 23.1 Å². The average Bonchev–Trinajstić information content (AvgIpc) is 3.52. The molecule has 0 spiro atoms. The second-order valence-electron chi connectivity index (χ2n) is 7.08. The van der Waals surface area contributed by atoms with Crippen LogP contribution in [0.5, 0.6) is 5.75 Å². The van der Waals surface area contributed by atoms with Gasteiger partial charge in [0.1, 0.15) is 5.75 Å². The molecule has 5 heteroatoms. The standard InChI is InChI=1S/C24H21ClN2O2/c1-29-22-13-12-20(25)14-17(22)16-26-27-23(28)21-15-24(21,18-8-4-2-5-9-18)19-10-6-3-7-11-19/h2-14,16,21H,15H2,1H3,(H,27,28)/b26-16-/t21-/m0/s1. The molecule has 29 heavy (non-hydrogen) atoms. The number of rotatable bonds is 6. The highest BCUT2D eigenvalue weighted by molar-refractivity contribution is 6.30. The van der Waals surface area contributed by atoms with E-state index in [1.54, 1.807) is 31.5 Å². The summed E-state index contributed by atoms with van der Waals surface area (Å²) in [6.07, 6.45) is 2.31. The molecule has 0 radical (unpaired) electrons. The lowest BCUT2D eigenvalue weighted by atomic mass is 9.85. The van der Waals surface area contributed by atoms with E-state index in [-0.39, 0.29) is 17.2 Å². The zero-order valence-electron chi connectivity index (χ0n) is 16.0. The number of amides is 1. The molecule has 0 saturated heterocycles. The number of carbonyl (C=O) groups is 1. The maximum atomic E-state index is 12.9. The minimum Gasteiger partial charge on any atom is -0.496 e. The molecule has 4 rings (SSSR count). The summed E-state index contributed by atoms with van der Waals surface area (Å²) >= 11 is 6.04. The molecule has 146 valence electrons. The summed E-state index contributed by atoms with van der Waals surface area (Å²) in [6.45, 7) is 0. The number of ether oxygens (including phenoxy) is 1. The molecule has 1 atom stereocenters. The lowest BCUT2D eigenvalue weighted by Gasteiger charge is -2.18. The number of hydrogen-bond acceptors (Lipinski definition) is 3. The number of nitrogens with zero attached hydrogens (tertiary/aromatic N) is 1. The molecule has 1 amide bonds. The minimum absolute atomic E-state index is 0.102. The summed E-state index contributed by atoms with van der Waals surface area (Å²) in [7, 11) is 1.58. The first kappa shape index (κ1) is 19.2. The Morgan fingerprint density at radius 1 is 1.07 bits per heavy atom. The second kappa shape index (κ2) is 8.10. The number of hydrogen-bond donors (Lipinski definition) is 1. The van der Waals surface area contributed by atoms with Crippen LogP contribution in [0.3, 0.4) is 0 Å². The molecule has 1 fully saturated rings. The number of hydrazone groups is 1. The Balaban J connectivity index is 1.54. The summed E-state index contributed by atoms with van der Waals surface area (Å²) in [5, 5.41) is 4.72. The van der Waals surface area contributed by atoms with Gasteiger partial charge in [0.25, 0.3) is 0 Å². The molecule has 0 unspecified atom stereocenters. The van der Waals surface area contributed by atoms with Crippen molar-refractivity contribution in [3.05, 3.63) is 101 Å². The summed E-state index contributed by atoms with van der Waals surface area (Å²) in [4.78, 5) is 12.9. The fourth-order valence-electron chi connectivity index (χ4n) is 3.90. The van der Waals surface area contributed by atoms with Crippen LogP contribution < -0.4 is 10.2 Å². The molecule has 3 aromatic rings. The topological polar surface area (TPSA) is 50.7 Å². The highest BCUT2D eigenvalue weighted by Gasteiger charge is 2.60. The van der Waals surface area contributed by atoms with Crippen molar-refractivity contribution >= 4 is 23.7 Å². The third-order valence-corrected chi connectivity index (χ3v) is 5.66. The van der Waals surface area contributed by atoms with Crippen LogP contribution in [0.25, 0.3) is 0 Å². The molecule has 1 aliphatic rings. The molecular formula is C24H21ClN2O2. The average molecular weight is 405 g/mol. The number of halogens is 1. The second-order valence-corrected chi connectivity index (χ2v) is 7.52. The van der Waals surface area contributed by atoms with E-state index < -0.39 is 0 Å². The Morgan fingerprint density at radius 3 is 2.28 bits per heavy atom. The van der Waals surface area contributed by atoms with Crippen LogP contribution in [0.4, 0.5) is 0 Å². The summed E-state index contributed by atoms with van der Waals surface area (Å²) in [5.74, 6) is 0.363. The normalized spacial score (nSPS) is 17.1. The van der Waals surface area contributed by atoms with E-state index in [0.717, 1.165) is 17.5 Å². The SMILES string of the molecule is COc1ccc(Cl)cc1/C=N\NC(=O)[C@@H]1CC1(c1ccccc1)c1ccccc1. The molecule has 0 heterocycles. The Kier molecular flexibility index (Phi) is 5.36. The fourth-order valence-corrected chi connectivity index (χ4v) is 4.09. The van der Waals surface area contributed by atoms with E-state index in [9.17, 15) is 4.79 Å². The molecule has 1 aliphatic carbocycles.